The number of aromatic nitrogens is 1. The van der Waals surface area contributed by atoms with Crippen LogP contribution in [-0.2, 0) is 6.54 Å². The fourth-order valence-electron chi connectivity index (χ4n) is 3.96. The number of halogens is 1. The van der Waals surface area contributed by atoms with Crippen LogP contribution in [0.3, 0.4) is 0 Å². The van der Waals surface area contributed by atoms with E-state index in [-0.39, 0.29) is 0 Å². The van der Waals surface area contributed by atoms with Crippen molar-refractivity contribution < 1.29 is 0 Å². The molecule has 2 N–H and O–H groups in total. The molecule has 0 spiro atoms. The van der Waals surface area contributed by atoms with Gasteiger partial charge in [0.1, 0.15) is 0 Å². The van der Waals surface area contributed by atoms with Crippen molar-refractivity contribution in [3.05, 3.63) is 64.8 Å². The lowest BCUT2D eigenvalue weighted by atomic mass is 10.1. The Bertz CT molecular complexity index is 959. The number of rotatable bonds is 4. The zero-order valence-corrected chi connectivity index (χ0v) is 17.0. The smallest absolute Gasteiger partial charge is 0.173 e. The Balaban J connectivity index is 1.60. The van der Waals surface area contributed by atoms with Crippen molar-refractivity contribution in [1.82, 2.24) is 9.88 Å². The van der Waals surface area contributed by atoms with Gasteiger partial charge in [-0.2, -0.15) is 0 Å². The molecule has 1 aliphatic carbocycles. The minimum atomic E-state index is 0.484. The van der Waals surface area contributed by atoms with Crippen LogP contribution < -0.4 is 5.32 Å². The van der Waals surface area contributed by atoms with E-state index in [1.807, 2.05) is 25.1 Å². The highest BCUT2D eigenvalue weighted by Gasteiger charge is 2.26. The van der Waals surface area contributed by atoms with E-state index in [0.717, 1.165) is 27.9 Å². The number of nitrogens with one attached hydrogen (secondary N) is 2. The molecule has 0 amide bonds. The van der Waals surface area contributed by atoms with Crippen molar-refractivity contribution >= 4 is 45.5 Å². The summed E-state index contributed by atoms with van der Waals surface area (Å²) in [4.78, 5) is 5.74. The molecule has 140 valence electrons. The number of benzene rings is 2. The molecule has 0 unspecified atom stereocenters. The lowest BCUT2D eigenvalue weighted by Gasteiger charge is -2.32. The molecule has 4 rings (SSSR count). The zero-order valence-electron chi connectivity index (χ0n) is 15.5. The Labute approximate surface area is 170 Å². The normalized spacial score (nSPS) is 14.6. The first kappa shape index (κ1) is 18.3. The molecule has 3 nitrogen and oxygen atoms in total. The molecule has 1 heterocycles. The number of anilines is 1. The number of thiocarbonyl (C=S) groups is 1. The summed E-state index contributed by atoms with van der Waals surface area (Å²) in [5.74, 6) is 0. The molecule has 3 aromatic rings. The molecule has 0 aliphatic heterocycles. The summed E-state index contributed by atoms with van der Waals surface area (Å²) in [5, 5.41) is 6.25. The molecule has 5 heteroatoms. The van der Waals surface area contributed by atoms with Gasteiger partial charge in [0.2, 0.25) is 0 Å². The number of aromatic amines is 1. The summed E-state index contributed by atoms with van der Waals surface area (Å²) >= 11 is 12.1. The van der Waals surface area contributed by atoms with Gasteiger partial charge in [0.25, 0.3) is 0 Å². The van der Waals surface area contributed by atoms with Crippen LogP contribution in [0, 0.1) is 6.92 Å². The average molecular weight is 398 g/mol. The predicted molar refractivity (Wildman–Crippen MR) is 119 cm³/mol. The first-order chi connectivity index (χ1) is 13.1. The lowest BCUT2D eigenvalue weighted by molar-refractivity contribution is 0.313. The summed E-state index contributed by atoms with van der Waals surface area (Å²) in [6.07, 6.45) is 7.04. The number of fused-ring (bicyclic) bond motifs is 1. The number of H-pyrrole nitrogens is 1. The zero-order chi connectivity index (χ0) is 18.8. The Kier molecular flexibility index (Phi) is 5.37. The molecule has 0 radical (unpaired) electrons. The minimum Gasteiger partial charge on any atom is -0.361 e. The van der Waals surface area contributed by atoms with E-state index in [0.29, 0.717) is 6.04 Å². The van der Waals surface area contributed by atoms with Crippen molar-refractivity contribution in [2.75, 3.05) is 5.32 Å². The summed E-state index contributed by atoms with van der Waals surface area (Å²) in [7, 11) is 0. The van der Waals surface area contributed by atoms with Gasteiger partial charge in [-0.1, -0.05) is 48.7 Å². The van der Waals surface area contributed by atoms with Gasteiger partial charge in [-0.05, 0) is 61.3 Å². The van der Waals surface area contributed by atoms with Gasteiger partial charge < -0.3 is 15.2 Å². The first-order valence-electron chi connectivity index (χ1n) is 9.51. The van der Waals surface area contributed by atoms with E-state index in [4.69, 9.17) is 23.8 Å². The third-order valence-electron chi connectivity index (χ3n) is 5.55. The number of nitrogens with zero attached hydrogens (tertiary/aromatic N) is 1. The highest BCUT2D eigenvalue weighted by atomic mass is 35.5. The average Bonchev–Trinajstić information content (AvgIpc) is 3.33. The largest absolute Gasteiger partial charge is 0.361 e. The van der Waals surface area contributed by atoms with Crippen LogP contribution in [0.2, 0.25) is 5.02 Å². The molecule has 1 aromatic heterocycles. The molecule has 1 aliphatic rings. The quantitative estimate of drug-likeness (QED) is 0.508. The standard InChI is InChI=1S/C22H24ClN3S/c1-15-19(23)10-6-12-20(15)25-22(27)26(17-7-2-3-8-17)14-16-13-24-21-11-5-4-9-18(16)21/h4-6,9-13,17,24H,2-3,7-8,14H2,1H3,(H,25,27). The van der Waals surface area contributed by atoms with E-state index in [2.05, 4.69) is 45.7 Å². The molecule has 1 fully saturated rings. The molecule has 2 aromatic carbocycles. The van der Waals surface area contributed by atoms with E-state index < -0.39 is 0 Å². The van der Waals surface area contributed by atoms with Gasteiger partial charge in [-0.25, -0.2) is 0 Å². The van der Waals surface area contributed by atoms with Gasteiger partial charge >= 0.3 is 0 Å². The van der Waals surface area contributed by atoms with E-state index in [1.165, 1.54) is 42.1 Å². The maximum atomic E-state index is 6.28. The van der Waals surface area contributed by atoms with Gasteiger partial charge in [0, 0.05) is 40.4 Å². The minimum absolute atomic E-state index is 0.484. The predicted octanol–water partition coefficient (Wildman–Crippen LogP) is 6.27. The van der Waals surface area contributed by atoms with Gasteiger partial charge in [-0.15, -0.1) is 0 Å². The number of para-hydroxylation sites is 1. The Morgan fingerprint density at radius 1 is 1.19 bits per heavy atom. The summed E-state index contributed by atoms with van der Waals surface area (Å²) in [6.45, 7) is 2.83. The Hall–Kier alpha value is -2.04. The third kappa shape index (κ3) is 3.83. The first-order valence-corrected chi connectivity index (χ1v) is 10.3. The van der Waals surface area contributed by atoms with E-state index in [1.54, 1.807) is 0 Å². The van der Waals surface area contributed by atoms with E-state index in [9.17, 15) is 0 Å². The van der Waals surface area contributed by atoms with Crippen LogP contribution in [0.1, 0.15) is 36.8 Å². The van der Waals surface area contributed by atoms with Crippen molar-refractivity contribution in [3.8, 4) is 0 Å². The maximum absolute atomic E-state index is 6.28. The molecule has 0 atom stereocenters. The van der Waals surface area contributed by atoms with Crippen molar-refractivity contribution in [2.45, 2.75) is 45.2 Å². The SMILES string of the molecule is Cc1c(Cl)cccc1NC(=S)N(Cc1c[nH]c2ccccc12)C1CCCC1. The number of hydrogen-bond donors (Lipinski definition) is 2. The van der Waals surface area contributed by atoms with Crippen LogP contribution in [0.25, 0.3) is 10.9 Å². The molecule has 27 heavy (non-hydrogen) atoms. The van der Waals surface area contributed by atoms with Gasteiger partial charge in [-0.3, -0.25) is 0 Å². The topological polar surface area (TPSA) is 31.1 Å². The second-order valence-corrected chi connectivity index (χ2v) is 8.06. The summed E-state index contributed by atoms with van der Waals surface area (Å²) < 4.78 is 0. The number of hydrogen-bond acceptors (Lipinski definition) is 1. The van der Waals surface area contributed by atoms with Crippen LogP contribution >= 0.6 is 23.8 Å². The molecular weight excluding hydrogens is 374 g/mol. The third-order valence-corrected chi connectivity index (χ3v) is 6.30. The van der Waals surface area contributed by atoms with E-state index >= 15 is 0 Å². The van der Waals surface area contributed by atoms with Crippen LogP contribution in [0.4, 0.5) is 5.69 Å². The van der Waals surface area contributed by atoms with Gasteiger partial charge in [0.05, 0.1) is 0 Å². The monoisotopic (exact) mass is 397 g/mol. The van der Waals surface area contributed by atoms with Crippen LogP contribution in [-0.4, -0.2) is 21.0 Å². The molecule has 1 saturated carbocycles. The van der Waals surface area contributed by atoms with Crippen molar-refractivity contribution in [1.29, 1.82) is 0 Å². The van der Waals surface area contributed by atoms with Crippen LogP contribution in [0.5, 0.6) is 0 Å². The fourth-order valence-corrected chi connectivity index (χ4v) is 4.46. The van der Waals surface area contributed by atoms with Crippen LogP contribution in [0.15, 0.2) is 48.7 Å². The molecule has 0 bridgehead atoms. The summed E-state index contributed by atoms with van der Waals surface area (Å²) in [6, 6.07) is 14.8. The second-order valence-electron chi connectivity index (χ2n) is 7.27. The summed E-state index contributed by atoms with van der Waals surface area (Å²) in [5.41, 5.74) is 4.46. The highest BCUT2D eigenvalue weighted by molar-refractivity contribution is 7.80. The fraction of sp³-hybridized carbons (Fsp3) is 0.318. The maximum Gasteiger partial charge on any atom is 0.173 e. The van der Waals surface area contributed by atoms with Gasteiger partial charge in [0.15, 0.2) is 5.11 Å². The lowest BCUT2D eigenvalue weighted by Crippen LogP contribution is -2.41. The highest BCUT2D eigenvalue weighted by Crippen LogP contribution is 2.29. The van der Waals surface area contributed by atoms with Crippen molar-refractivity contribution in [3.63, 3.8) is 0 Å². The van der Waals surface area contributed by atoms with Crippen molar-refractivity contribution in [2.24, 2.45) is 0 Å². The molecular formula is C22H24ClN3S. The Morgan fingerprint density at radius 3 is 2.78 bits per heavy atom. The Morgan fingerprint density at radius 2 is 1.96 bits per heavy atom. The molecule has 0 saturated heterocycles. The second kappa shape index (κ2) is 7.91.